The van der Waals surface area contributed by atoms with Crippen LogP contribution in [-0.4, -0.2) is 32.5 Å². The van der Waals surface area contributed by atoms with Crippen LogP contribution in [0, 0.1) is 12.8 Å². The van der Waals surface area contributed by atoms with Crippen LogP contribution in [-0.2, 0) is 14.8 Å². The maximum atomic E-state index is 12.9. The number of nitrogens with zero attached hydrogens (tertiary/aromatic N) is 1. The van der Waals surface area contributed by atoms with E-state index >= 15 is 0 Å². The van der Waals surface area contributed by atoms with Gasteiger partial charge in [-0.1, -0.05) is 25.4 Å². The van der Waals surface area contributed by atoms with Crippen LogP contribution in [0.3, 0.4) is 0 Å². The summed E-state index contributed by atoms with van der Waals surface area (Å²) >= 11 is 7.17. The van der Waals surface area contributed by atoms with Crippen molar-refractivity contribution in [2.45, 2.75) is 31.7 Å². The van der Waals surface area contributed by atoms with E-state index in [4.69, 9.17) is 16.3 Å². The average molecular weight is 494 g/mol. The zero-order valence-electron chi connectivity index (χ0n) is 18.0. The Morgan fingerprint density at radius 2 is 1.72 bits per heavy atom. The highest BCUT2D eigenvalue weighted by molar-refractivity contribution is 7.89. The van der Waals surface area contributed by atoms with Crippen LogP contribution in [0.5, 0.6) is 5.75 Å². The van der Waals surface area contributed by atoms with Crippen molar-refractivity contribution in [1.29, 1.82) is 0 Å². The molecule has 2 N–H and O–H groups in total. The Bertz CT molecular complexity index is 1190. The summed E-state index contributed by atoms with van der Waals surface area (Å²) in [6.45, 7) is 5.45. The van der Waals surface area contributed by atoms with Crippen LogP contribution in [0.1, 0.15) is 18.7 Å². The molecule has 1 amide bonds. The number of aromatic nitrogens is 1. The Morgan fingerprint density at radius 1 is 1.09 bits per heavy atom. The minimum atomic E-state index is -3.91. The van der Waals surface area contributed by atoms with E-state index in [0.29, 0.717) is 10.2 Å². The van der Waals surface area contributed by atoms with Crippen molar-refractivity contribution in [3.05, 3.63) is 58.4 Å². The molecule has 0 aliphatic heterocycles. The van der Waals surface area contributed by atoms with E-state index in [9.17, 15) is 13.2 Å². The monoisotopic (exact) mass is 493 g/mol. The lowest BCUT2D eigenvalue weighted by molar-refractivity contribution is -0.118. The zero-order chi connectivity index (χ0) is 23.5. The predicted octanol–water partition coefficient (Wildman–Crippen LogP) is 4.72. The van der Waals surface area contributed by atoms with E-state index in [1.807, 2.05) is 31.2 Å². The minimum Gasteiger partial charge on any atom is -0.497 e. The number of halogens is 1. The summed E-state index contributed by atoms with van der Waals surface area (Å²) in [6.07, 6.45) is 0. The number of aryl methyl sites for hydroxylation is 1. The van der Waals surface area contributed by atoms with Crippen LogP contribution in [0.15, 0.2) is 53.4 Å². The van der Waals surface area contributed by atoms with E-state index in [1.54, 1.807) is 21.0 Å². The molecule has 3 rings (SSSR count). The predicted molar refractivity (Wildman–Crippen MR) is 128 cm³/mol. The first-order chi connectivity index (χ1) is 15.1. The summed E-state index contributed by atoms with van der Waals surface area (Å²) in [4.78, 5) is 18.4. The third-order valence-electron chi connectivity index (χ3n) is 4.75. The number of benzene rings is 2. The molecule has 0 saturated carbocycles. The van der Waals surface area contributed by atoms with Crippen molar-refractivity contribution in [2.24, 2.45) is 5.92 Å². The number of sulfonamides is 1. The number of thiazole rings is 1. The number of carbonyl (C=O) groups is 1. The molecule has 0 bridgehead atoms. The summed E-state index contributed by atoms with van der Waals surface area (Å²) in [5.41, 5.74) is 1.64. The fourth-order valence-electron chi connectivity index (χ4n) is 2.99. The van der Waals surface area contributed by atoms with Gasteiger partial charge >= 0.3 is 0 Å². The van der Waals surface area contributed by atoms with E-state index in [1.165, 1.54) is 35.6 Å². The van der Waals surface area contributed by atoms with Crippen molar-refractivity contribution >= 4 is 44.0 Å². The molecule has 0 unspecified atom stereocenters. The minimum absolute atomic E-state index is 0.0345. The van der Waals surface area contributed by atoms with Gasteiger partial charge in [0, 0.05) is 15.5 Å². The first kappa shape index (κ1) is 24.2. The van der Waals surface area contributed by atoms with Crippen molar-refractivity contribution in [2.75, 3.05) is 12.4 Å². The first-order valence-electron chi connectivity index (χ1n) is 9.81. The zero-order valence-corrected chi connectivity index (χ0v) is 20.4. The van der Waals surface area contributed by atoms with Crippen LogP contribution in [0.4, 0.5) is 5.13 Å². The largest absolute Gasteiger partial charge is 0.497 e. The number of ether oxygens (including phenoxy) is 1. The molecule has 0 fully saturated rings. The molecule has 1 atom stereocenters. The average Bonchev–Trinajstić information content (AvgIpc) is 3.12. The van der Waals surface area contributed by atoms with Gasteiger partial charge in [-0.3, -0.25) is 4.79 Å². The maximum absolute atomic E-state index is 12.9. The van der Waals surface area contributed by atoms with Crippen molar-refractivity contribution in [3.8, 4) is 17.0 Å². The third-order valence-corrected chi connectivity index (χ3v) is 7.34. The Kier molecular flexibility index (Phi) is 7.55. The molecule has 7 nitrogen and oxygen atoms in total. The van der Waals surface area contributed by atoms with Crippen LogP contribution >= 0.6 is 22.9 Å². The van der Waals surface area contributed by atoms with Gasteiger partial charge in [0.15, 0.2) is 5.13 Å². The Hall–Kier alpha value is -2.46. The van der Waals surface area contributed by atoms with Crippen molar-refractivity contribution in [1.82, 2.24) is 9.71 Å². The molecule has 10 heteroatoms. The molecular formula is C22H24ClN3O4S2. The molecule has 2 aromatic carbocycles. The highest BCUT2D eigenvalue weighted by Crippen LogP contribution is 2.31. The molecule has 170 valence electrons. The first-order valence-corrected chi connectivity index (χ1v) is 12.5. The number of hydrogen-bond donors (Lipinski definition) is 2. The van der Waals surface area contributed by atoms with Crippen LogP contribution in [0.2, 0.25) is 5.02 Å². The number of carbonyl (C=O) groups excluding carboxylic acids is 1. The highest BCUT2D eigenvalue weighted by Gasteiger charge is 2.29. The van der Waals surface area contributed by atoms with Gasteiger partial charge in [0.2, 0.25) is 15.9 Å². The van der Waals surface area contributed by atoms with Gasteiger partial charge in [-0.2, -0.15) is 4.72 Å². The smallest absolute Gasteiger partial charge is 0.244 e. The van der Waals surface area contributed by atoms with E-state index in [-0.39, 0.29) is 10.8 Å². The van der Waals surface area contributed by atoms with Crippen LogP contribution in [0.25, 0.3) is 11.3 Å². The lowest BCUT2D eigenvalue weighted by Gasteiger charge is -2.21. The quantitative estimate of drug-likeness (QED) is 0.473. The summed E-state index contributed by atoms with van der Waals surface area (Å²) in [7, 11) is -2.31. The SMILES string of the molecule is COc1ccc(-c2nc(NC(=O)[C@H](NS(=O)(=O)c3ccc(Cl)cc3)C(C)C)sc2C)cc1. The molecule has 1 heterocycles. The fourth-order valence-corrected chi connectivity index (χ4v) is 5.30. The standard InChI is InChI=1S/C22H24ClN3O4S2/c1-13(2)19(26-32(28,29)18-11-7-16(23)8-12-18)21(27)25-22-24-20(14(3)31-22)15-5-9-17(30-4)10-6-15/h5-13,19,26H,1-4H3,(H,24,25,27)/t19-/m1/s1. The summed E-state index contributed by atoms with van der Waals surface area (Å²) < 4.78 is 33.2. The van der Waals surface area contributed by atoms with Gasteiger partial charge in [-0.25, -0.2) is 13.4 Å². The second-order valence-corrected chi connectivity index (χ2v) is 10.8. The lowest BCUT2D eigenvalue weighted by atomic mass is 10.1. The Balaban J connectivity index is 1.78. The van der Waals surface area contributed by atoms with Gasteiger partial charge in [-0.15, -0.1) is 11.3 Å². The highest BCUT2D eigenvalue weighted by atomic mass is 35.5. The number of hydrogen-bond acceptors (Lipinski definition) is 6. The van der Waals surface area contributed by atoms with Gasteiger partial charge in [-0.05, 0) is 61.4 Å². The van der Waals surface area contributed by atoms with Crippen LogP contribution < -0.4 is 14.8 Å². The van der Waals surface area contributed by atoms with E-state index in [2.05, 4.69) is 15.0 Å². The molecule has 32 heavy (non-hydrogen) atoms. The lowest BCUT2D eigenvalue weighted by Crippen LogP contribution is -2.47. The molecular weight excluding hydrogens is 470 g/mol. The fraction of sp³-hybridized carbons (Fsp3) is 0.273. The number of nitrogens with one attached hydrogen (secondary N) is 2. The second kappa shape index (κ2) is 9.99. The summed E-state index contributed by atoms with van der Waals surface area (Å²) in [5, 5.41) is 3.58. The number of amides is 1. The molecule has 0 saturated heterocycles. The van der Waals surface area contributed by atoms with Crippen molar-refractivity contribution in [3.63, 3.8) is 0 Å². The third kappa shape index (κ3) is 5.66. The number of methoxy groups -OCH3 is 1. The molecule has 0 radical (unpaired) electrons. The van der Waals surface area contributed by atoms with E-state index in [0.717, 1.165) is 21.9 Å². The second-order valence-electron chi connectivity index (χ2n) is 7.44. The van der Waals surface area contributed by atoms with Gasteiger partial charge in [0.1, 0.15) is 11.8 Å². The molecule has 0 aliphatic rings. The van der Waals surface area contributed by atoms with Gasteiger partial charge in [0.05, 0.1) is 17.7 Å². The van der Waals surface area contributed by atoms with E-state index < -0.39 is 22.0 Å². The van der Waals surface area contributed by atoms with Gasteiger partial charge in [0.25, 0.3) is 0 Å². The Morgan fingerprint density at radius 3 is 2.28 bits per heavy atom. The maximum Gasteiger partial charge on any atom is 0.244 e. The topological polar surface area (TPSA) is 97.4 Å². The molecule has 0 aliphatic carbocycles. The molecule has 0 spiro atoms. The van der Waals surface area contributed by atoms with Gasteiger partial charge < -0.3 is 10.1 Å². The summed E-state index contributed by atoms with van der Waals surface area (Å²) in [5.74, 6) is -0.0327. The number of anilines is 1. The molecule has 1 aromatic heterocycles. The number of rotatable bonds is 8. The summed E-state index contributed by atoms with van der Waals surface area (Å²) in [6, 6.07) is 12.2. The normalized spacial score (nSPS) is 12.6. The van der Waals surface area contributed by atoms with Crippen molar-refractivity contribution < 1.29 is 17.9 Å². The Labute approximate surface area is 196 Å². The molecule has 3 aromatic rings.